The van der Waals surface area contributed by atoms with E-state index in [0.717, 1.165) is 12.2 Å². The van der Waals surface area contributed by atoms with Gasteiger partial charge in [0.15, 0.2) is 0 Å². The van der Waals surface area contributed by atoms with Crippen LogP contribution in [0.25, 0.3) is 10.8 Å². The van der Waals surface area contributed by atoms with Crippen molar-refractivity contribution < 1.29 is 0 Å². The van der Waals surface area contributed by atoms with Crippen LogP contribution in [0.2, 0.25) is 0 Å². The van der Waals surface area contributed by atoms with Gasteiger partial charge in [0, 0.05) is 25.9 Å². The molecule has 0 saturated carbocycles. The van der Waals surface area contributed by atoms with Gasteiger partial charge < -0.3 is 4.57 Å². The molecule has 0 spiro atoms. The Labute approximate surface area is 118 Å². The van der Waals surface area contributed by atoms with E-state index in [9.17, 15) is 0 Å². The van der Waals surface area contributed by atoms with E-state index >= 15 is 0 Å². The first kappa shape index (κ1) is 12.8. The molecule has 102 valence electrons. The third kappa shape index (κ3) is 2.43. The summed E-state index contributed by atoms with van der Waals surface area (Å²) in [6, 6.07) is 14.8. The minimum Gasteiger partial charge on any atom is -0.338 e. The highest BCUT2D eigenvalue weighted by Gasteiger charge is 2.13. The molecular weight excluding hydrogens is 248 g/mol. The van der Waals surface area contributed by atoms with Crippen molar-refractivity contribution in [2.45, 2.75) is 12.5 Å². The van der Waals surface area contributed by atoms with Crippen molar-refractivity contribution in [2.75, 3.05) is 0 Å². The molecular formula is C16H18N4. The van der Waals surface area contributed by atoms with Crippen LogP contribution in [0.4, 0.5) is 0 Å². The number of benzene rings is 2. The van der Waals surface area contributed by atoms with Gasteiger partial charge in [-0.15, -0.1) is 0 Å². The average molecular weight is 266 g/mol. The second-order valence-electron chi connectivity index (χ2n) is 4.98. The standard InChI is InChI=1S/C16H18N4/c1-20-9-8-18-16(20)11-15(19-17)14-7-6-12-4-2-3-5-13(12)10-14/h2-10,15,19H,11,17H2,1H3. The molecule has 0 aliphatic carbocycles. The molecule has 1 unspecified atom stereocenters. The smallest absolute Gasteiger partial charge is 0.110 e. The predicted molar refractivity (Wildman–Crippen MR) is 80.9 cm³/mol. The number of nitrogens with two attached hydrogens (primary N) is 1. The molecule has 4 nitrogen and oxygen atoms in total. The van der Waals surface area contributed by atoms with Gasteiger partial charge in [-0.2, -0.15) is 0 Å². The summed E-state index contributed by atoms with van der Waals surface area (Å²) < 4.78 is 2.02. The minimum absolute atomic E-state index is 0.0562. The summed E-state index contributed by atoms with van der Waals surface area (Å²) in [5.74, 6) is 6.74. The van der Waals surface area contributed by atoms with Gasteiger partial charge in [0.2, 0.25) is 0 Å². The first-order valence-corrected chi connectivity index (χ1v) is 6.69. The molecule has 0 fully saturated rings. The maximum absolute atomic E-state index is 5.73. The summed E-state index contributed by atoms with van der Waals surface area (Å²) in [5.41, 5.74) is 4.07. The molecule has 20 heavy (non-hydrogen) atoms. The summed E-state index contributed by atoms with van der Waals surface area (Å²) in [5, 5.41) is 2.47. The van der Waals surface area contributed by atoms with Gasteiger partial charge >= 0.3 is 0 Å². The fourth-order valence-electron chi connectivity index (χ4n) is 2.47. The zero-order valence-corrected chi connectivity index (χ0v) is 11.5. The summed E-state index contributed by atoms with van der Waals surface area (Å²) in [7, 11) is 2.00. The average Bonchev–Trinajstić information content (AvgIpc) is 2.89. The van der Waals surface area contributed by atoms with Gasteiger partial charge in [-0.05, 0) is 22.4 Å². The van der Waals surface area contributed by atoms with E-state index in [-0.39, 0.29) is 6.04 Å². The Bertz CT molecular complexity index is 717. The normalized spacial score (nSPS) is 12.7. The highest BCUT2D eigenvalue weighted by atomic mass is 15.2. The number of nitrogens with zero attached hydrogens (tertiary/aromatic N) is 2. The monoisotopic (exact) mass is 266 g/mol. The predicted octanol–water partition coefficient (Wildman–Crippen LogP) is 2.32. The van der Waals surface area contributed by atoms with Crippen molar-refractivity contribution in [1.29, 1.82) is 0 Å². The van der Waals surface area contributed by atoms with Crippen molar-refractivity contribution in [3.05, 3.63) is 66.2 Å². The molecule has 3 aromatic rings. The van der Waals surface area contributed by atoms with Crippen molar-refractivity contribution >= 4 is 10.8 Å². The van der Waals surface area contributed by atoms with E-state index in [0.29, 0.717) is 0 Å². The number of rotatable bonds is 4. The Morgan fingerprint density at radius 3 is 2.70 bits per heavy atom. The molecule has 1 aromatic heterocycles. The second kappa shape index (κ2) is 5.45. The maximum Gasteiger partial charge on any atom is 0.110 e. The SMILES string of the molecule is Cn1ccnc1CC(NN)c1ccc2ccccc2c1. The number of fused-ring (bicyclic) bond motifs is 1. The number of nitrogens with one attached hydrogen (secondary N) is 1. The van der Waals surface area contributed by atoms with Gasteiger partial charge in [-0.1, -0.05) is 36.4 Å². The van der Waals surface area contributed by atoms with Gasteiger partial charge in [0.25, 0.3) is 0 Å². The lowest BCUT2D eigenvalue weighted by atomic mass is 10.00. The zero-order chi connectivity index (χ0) is 13.9. The highest BCUT2D eigenvalue weighted by molar-refractivity contribution is 5.83. The Morgan fingerprint density at radius 2 is 2.00 bits per heavy atom. The Morgan fingerprint density at radius 1 is 1.20 bits per heavy atom. The molecule has 1 heterocycles. The fraction of sp³-hybridized carbons (Fsp3) is 0.188. The molecule has 0 bridgehead atoms. The van der Waals surface area contributed by atoms with Crippen LogP contribution in [0.3, 0.4) is 0 Å². The van der Waals surface area contributed by atoms with Gasteiger partial charge in [-0.3, -0.25) is 11.3 Å². The quantitative estimate of drug-likeness (QED) is 0.563. The Balaban J connectivity index is 1.92. The molecule has 1 atom stereocenters. The number of aromatic nitrogens is 2. The van der Waals surface area contributed by atoms with Gasteiger partial charge in [0.05, 0.1) is 6.04 Å². The summed E-state index contributed by atoms with van der Waals surface area (Å²) in [6.07, 6.45) is 4.52. The summed E-state index contributed by atoms with van der Waals surface area (Å²) in [4.78, 5) is 4.36. The topological polar surface area (TPSA) is 55.9 Å². The Kier molecular flexibility index (Phi) is 3.50. The van der Waals surface area contributed by atoms with Crippen LogP contribution in [0.15, 0.2) is 54.9 Å². The lowest BCUT2D eigenvalue weighted by Crippen LogP contribution is -2.30. The molecule has 0 amide bonds. The first-order chi connectivity index (χ1) is 9.78. The van der Waals surface area contributed by atoms with Gasteiger partial charge in [-0.25, -0.2) is 4.98 Å². The van der Waals surface area contributed by atoms with E-state index in [1.54, 1.807) is 0 Å². The van der Waals surface area contributed by atoms with E-state index in [4.69, 9.17) is 5.84 Å². The van der Waals surface area contributed by atoms with Crippen LogP contribution in [-0.4, -0.2) is 9.55 Å². The zero-order valence-electron chi connectivity index (χ0n) is 11.5. The van der Waals surface area contributed by atoms with Crippen molar-refractivity contribution in [2.24, 2.45) is 12.9 Å². The van der Waals surface area contributed by atoms with Crippen LogP contribution < -0.4 is 11.3 Å². The van der Waals surface area contributed by atoms with Crippen molar-refractivity contribution in [3.8, 4) is 0 Å². The molecule has 4 heteroatoms. The molecule has 0 aliphatic rings. The lowest BCUT2D eigenvalue weighted by molar-refractivity contribution is 0.531. The number of hydrogen-bond donors (Lipinski definition) is 2. The highest BCUT2D eigenvalue weighted by Crippen LogP contribution is 2.22. The largest absolute Gasteiger partial charge is 0.338 e. The molecule has 0 radical (unpaired) electrons. The van der Waals surface area contributed by atoms with Crippen LogP contribution in [0.5, 0.6) is 0 Å². The van der Waals surface area contributed by atoms with E-state index in [1.807, 2.05) is 24.0 Å². The third-order valence-electron chi connectivity index (χ3n) is 3.68. The van der Waals surface area contributed by atoms with E-state index in [2.05, 4.69) is 52.9 Å². The maximum atomic E-state index is 5.73. The molecule has 2 aromatic carbocycles. The summed E-state index contributed by atoms with van der Waals surface area (Å²) in [6.45, 7) is 0. The number of aryl methyl sites for hydroxylation is 1. The molecule has 3 N–H and O–H groups in total. The van der Waals surface area contributed by atoms with E-state index < -0.39 is 0 Å². The van der Waals surface area contributed by atoms with Crippen molar-refractivity contribution in [3.63, 3.8) is 0 Å². The second-order valence-corrected chi connectivity index (χ2v) is 4.98. The van der Waals surface area contributed by atoms with Gasteiger partial charge in [0.1, 0.15) is 5.82 Å². The number of hydrogen-bond acceptors (Lipinski definition) is 3. The lowest BCUT2D eigenvalue weighted by Gasteiger charge is -2.16. The molecule has 0 aliphatic heterocycles. The van der Waals surface area contributed by atoms with Crippen molar-refractivity contribution in [1.82, 2.24) is 15.0 Å². The van der Waals surface area contributed by atoms with Crippen LogP contribution >= 0.6 is 0 Å². The molecule has 3 rings (SSSR count). The third-order valence-corrected chi connectivity index (χ3v) is 3.68. The van der Waals surface area contributed by atoms with E-state index in [1.165, 1.54) is 16.3 Å². The first-order valence-electron chi connectivity index (χ1n) is 6.69. The molecule has 0 saturated heterocycles. The van der Waals surface area contributed by atoms with Crippen LogP contribution in [-0.2, 0) is 13.5 Å². The number of hydrazine groups is 1. The van der Waals surface area contributed by atoms with Crippen LogP contribution in [0.1, 0.15) is 17.4 Å². The summed E-state index contributed by atoms with van der Waals surface area (Å²) >= 11 is 0. The van der Waals surface area contributed by atoms with Crippen LogP contribution in [0, 0.1) is 0 Å². The number of imidazole rings is 1. The fourth-order valence-corrected chi connectivity index (χ4v) is 2.47. The Hall–Kier alpha value is -2.17. The minimum atomic E-state index is 0.0562.